The number of ether oxygens (including phenoxy) is 2. The summed E-state index contributed by atoms with van der Waals surface area (Å²) in [5.41, 5.74) is 2.05. The first-order valence-electron chi connectivity index (χ1n) is 11.3. The van der Waals surface area contributed by atoms with Crippen LogP contribution in [0.25, 0.3) is 5.76 Å². The summed E-state index contributed by atoms with van der Waals surface area (Å²) >= 11 is 0. The van der Waals surface area contributed by atoms with Crippen molar-refractivity contribution >= 4 is 17.4 Å². The van der Waals surface area contributed by atoms with Gasteiger partial charge in [-0.2, -0.15) is 0 Å². The maximum absolute atomic E-state index is 13.8. The Balaban J connectivity index is 1.64. The van der Waals surface area contributed by atoms with Gasteiger partial charge < -0.3 is 14.8 Å². The van der Waals surface area contributed by atoms with Crippen LogP contribution in [-0.2, 0) is 4.74 Å². The minimum absolute atomic E-state index is 0.0863. The molecule has 1 aliphatic heterocycles. The van der Waals surface area contributed by atoms with E-state index in [2.05, 4.69) is 20.3 Å². The van der Waals surface area contributed by atoms with Gasteiger partial charge in [-0.15, -0.1) is 0 Å². The number of rotatable bonds is 6. The molecular formula is C24H28F2N4O3. The number of anilines is 1. The van der Waals surface area contributed by atoms with Crippen LogP contribution in [0.3, 0.4) is 0 Å². The number of nitrogens with one attached hydrogen (secondary N) is 1. The van der Waals surface area contributed by atoms with Crippen molar-refractivity contribution in [2.45, 2.75) is 70.3 Å². The first-order chi connectivity index (χ1) is 15.8. The summed E-state index contributed by atoms with van der Waals surface area (Å²) in [5, 5.41) is 2.94. The van der Waals surface area contributed by atoms with Gasteiger partial charge in [-0.1, -0.05) is 0 Å². The summed E-state index contributed by atoms with van der Waals surface area (Å²) in [6.07, 6.45) is 8.33. The lowest BCUT2D eigenvalue weighted by Gasteiger charge is -2.30. The van der Waals surface area contributed by atoms with Crippen molar-refractivity contribution in [2.24, 2.45) is 0 Å². The lowest BCUT2D eigenvalue weighted by Crippen LogP contribution is -2.25. The van der Waals surface area contributed by atoms with Crippen LogP contribution in [0.5, 0.6) is 6.01 Å². The third-order valence-corrected chi connectivity index (χ3v) is 5.76. The molecule has 1 N–H and O–H groups in total. The summed E-state index contributed by atoms with van der Waals surface area (Å²) in [6, 6.07) is 1.97. The smallest absolute Gasteiger partial charge is 0.316 e. The number of aromatic nitrogens is 3. The van der Waals surface area contributed by atoms with Crippen molar-refractivity contribution in [2.75, 3.05) is 11.9 Å². The van der Waals surface area contributed by atoms with Crippen molar-refractivity contribution in [3.8, 4) is 6.01 Å². The number of hydrogen-bond acceptors (Lipinski definition) is 6. The number of pyridine rings is 1. The van der Waals surface area contributed by atoms with Gasteiger partial charge in [-0.3, -0.25) is 9.78 Å². The highest BCUT2D eigenvalue weighted by Crippen LogP contribution is 2.43. The maximum Gasteiger partial charge on any atom is 0.316 e. The highest BCUT2D eigenvalue weighted by Gasteiger charge is 2.37. The van der Waals surface area contributed by atoms with Gasteiger partial charge in [0, 0.05) is 42.9 Å². The van der Waals surface area contributed by atoms with Crippen LogP contribution in [-0.4, -0.2) is 39.5 Å². The van der Waals surface area contributed by atoms with E-state index in [0.29, 0.717) is 42.2 Å². The minimum atomic E-state index is -2.65. The Labute approximate surface area is 191 Å². The molecule has 1 fully saturated rings. The zero-order valence-corrected chi connectivity index (χ0v) is 18.8. The molecule has 0 unspecified atom stereocenters. The Morgan fingerprint density at radius 2 is 1.94 bits per heavy atom. The van der Waals surface area contributed by atoms with Gasteiger partial charge in [0.2, 0.25) is 5.92 Å². The van der Waals surface area contributed by atoms with Crippen LogP contribution in [0, 0.1) is 0 Å². The van der Waals surface area contributed by atoms with E-state index in [0.717, 1.165) is 12.8 Å². The highest BCUT2D eigenvalue weighted by molar-refractivity contribution is 6.05. The van der Waals surface area contributed by atoms with Crippen LogP contribution in [0.15, 0.2) is 30.7 Å². The molecule has 0 spiro atoms. The van der Waals surface area contributed by atoms with E-state index < -0.39 is 11.8 Å². The lowest BCUT2D eigenvalue weighted by molar-refractivity contribution is -0.0384. The number of amides is 1. The Bertz CT molecular complexity index is 1010. The Morgan fingerprint density at radius 1 is 1.21 bits per heavy atom. The maximum atomic E-state index is 13.8. The van der Waals surface area contributed by atoms with Gasteiger partial charge >= 0.3 is 6.01 Å². The molecule has 0 radical (unpaired) electrons. The normalized spacial score (nSPS) is 18.4. The number of alkyl halides is 2. The molecule has 1 saturated carbocycles. The van der Waals surface area contributed by atoms with Crippen molar-refractivity contribution in [3.63, 3.8) is 0 Å². The molecule has 2 aromatic rings. The molecule has 0 aromatic carbocycles. The summed E-state index contributed by atoms with van der Waals surface area (Å²) in [4.78, 5) is 25.8. The Kier molecular flexibility index (Phi) is 6.85. The summed E-state index contributed by atoms with van der Waals surface area (Å²) in [5.74, 6) is -2.58. The Morgan fingerprint density at radius 3 is 2.58 bits per heavy atom. The molecule has 2 aliphatic rings. The second-order valence-corrected chi connectivity index (χ2v) is 8.68. The third kappa shape index (κ3) is 5.64. The van der Waals surface area contributed by atoms with Crippen LogP contribution in [0.4, 0.5) is 14.5 Å². The van der Waals surface area contributed by atoms with Crippen molar-refractivity contribution in [1.29, 1.82) is 0 Å². The molecule has 3 heterocycles. The number of nitrogens with zero attached hydrogens (tertiary/aromatic N) is 3. The second kappa shape index (κ2) is 9.80. The van der Waals surface area contributed by atoms with Gasteiger partial charge in [0.05, 0.1) is 29.7 Å². The summed E-state index contributed by atoms with van der Waals surface area (Å²) in [6.45, 7) is 4.30. The Hall–Kier alpha value is -3.10. The fraction of sp³-hybridized carbons (Fsp3) is 0.500. The number of halogens is 2. The van der Waals surface area contributed by atoms with E-state index in [-0.39, 0.29) is 36.4 Å². The van der Waals surface area contributed by atoms with Gasteiger partial charge in [0.15, 0.2) is 0 Å². The fourth-order valence-electron chi connectivity index (χ4n) is 4.07. The van der Waals surface area contributed by atoms with Crippen molar-refractivity contribution in [1.82, 2.24) is 15.0 Å². The van der Waals surface area contributed by atoms with E-state index in [1.165, 1.54) is 12.4 Å². The van der Waals surface area contributed by atoms with E-state index in [1.54, 1.807) is 12.3 Å². The number of carbonyl (C=O) groups excluding carboxylic acids is 1. The molecule has 4 rings (SSSR count). The van der Waals surface area contributed by atoms with E-state index in [1.807, 2.05) is 19.9 Å². The van der Waals surface area contributed by atoms with Crippen LogP contribution in [0.1, 0.15) is 79.9 Å². The van der Waals surface area contributed by atoms with E-state index in [9.17, 15) is 13.6 Å². The second-order valence-electron chi connectivity index (χ2n) is 8.68. The topological polar surface area (TPSA) is 86.2 Å². The van der Waals surface area contributed by atoms with Crippen molar-refractivity contribution in [3.05, 3.63) is 47.6 Å². The SMILES string of the molecule is CC(C)Oc1ncc(C(=O)Nc2c(C3=CCCCO3)ccnc2C2CCC(F)(F)CC2)cn1. The zero-order chi connectivity index (χ0) is 23.4. The quantitative estimate of drug-likeness (QED) is 0.628. The molecular weight excluding hydrogens is 430 g/mol. The molecule has 2 aromatic heterocycles. The minimum Gasteiger partial charge on any atom is -0.493 e. The predicted octanol–water partition coefficient (Wildman–Crippen LogP) is 5.36. The third-order valence-electron chi connectivity index (χ3n) is 5.76. The van der Waals surface area contributed by atoms with Gasteiger partial charge in [0.25, 0.3) is 5.91 Å². The molecule has 0 saturated heterocycles. The molecule has 1 amide bonds. The average Bonchev–Trinajstić information content (AvgIpc) is 2.80. The predicted molar refractivity (Wildman–Crippen MR) is 119 cm³/mol. The first-order valence-corrected chi connectivity index (χ1v) is 11.3. The molecule has 33 heavy (non-hydrogen) atoms. The fourth-order valence-corrected chi connectivity index (χ4v) is 4.07. The average molecular weight is 459 g/mol. The monoisotopic (exact) mass is 458 g/mol. The summed E-state index contributed by atoms with van der Waals surface area (Å²) < 4.78 is 38.8. The van der Waals surface area contributed by atoms with Crippen molar-refractivity contribution < 1.29 is 23.0 Å². The number of allylic oxidation sites excluding steroid dienone is 1. The number of hydrogen-bond donors (Lipinski definition) is 1. The van der Waals surface area contributed by atoms with Gasteiger partial charge in [-0.05, 0) is 51.7 Å². The largest absolute Gasteiger partial charge is 0.493 e. The summed E-state index contributed by atoms with van der Waals surface area (Å²) in [7, 11) is 0. The molecule has 7 nitrogen and oxygen atoms in total. The zero-order valence-electron chi connectivity index (χ0n) is 18.8. The van der Waals surface area contributed by atoms with E-state index in [4.69, 9.17) is 9.47 Å². The highest BCUT2D eigenvalue weighted by atomic mass is 19.3. The molecule has 0 bridgehead atoms. The van der Waals surface area contributed by atoms with Crippen LogP contribution in [0.2, 0.25) is 0 Å². The molecule has 9 heteroatoms. The first kappa shape index (κ1) is 23.1. The van der Waals surface area contributed by atoms with E-state index >= 15 is 0 Å². The van der Waals surface area contributed by atoms with Crippen LogP contribution >= 0.6 is 0 Å². The standard InChI is InChI=1S/C24H28F2N4O3/c1-15(2)33-23-28-13-17(14-29-23)22(31)30-21-18(19-5-3-4-12-32-19)8-11-27-20(21)16-6-9-24(25,26)10-7-16/h5,8,11,13-16H,3-4,6-7,9-10,12H2,1-2H3,(H,30,31). The molecule has 1 aliphatic carbocycles. The lowest BCUT2D eigenvalue weighted by atomic mass is 9.83. The van der Waals surface area contributed by atoms with Crippen LogP contribution < -0.4 is 10.1 Å². The molecule has 0 atom stereocenters. The molecule has 176 valence electrons. The van der Waals surface area contributed by atoms with Gasteiger partial charge in [0.1, 0.15) is 5.76 Å². The number of carbonyl (C=O) groups is 1. The van der Waals surface area contributed by atoms with Gasteiger partial charge in [-0.25, -0.2) is 18.7 Å².